The number of hydrogen-bond donors (Lipinski definition) is 0. The highest BCUT2D eigenvalue weighted by atomic mass is 79.9. The summed E-state index contributed by atoms with van der Waals surface area (Å²) >= 11 is 9.34. The van der Waals surface area contributed by atoms with E-state index in [0.717, 1.165) is 4.47 Å². The predicted molar refractivity (Wildman–Crippen MR) is 62.8 cm³/mol. The zero-order valence-electron chi connectivity index (χ0n) is 8.43. The van der Waals surface area contributed by atoms with Gasteiger partial charge in [0.05, 0.1) is 17.0 Å². The van der Waals surface area contributed by atoms with E-state index in [1.165, 1.54) is 0 Å². The van der Waals surface area contributed by atoms with Crippen molar-refractivity contribution in [1.82, 2.24) is 0 Å². The summed E-state index contributed by atoms with van der Waals surface area (Å²) in [5.41, 5.74) is 0.0796. The number of rotatable bonds is 0. The highest BCUT2D eigenvalue weighted by Crippen LogP contribution is 2.41. The van der Waals surface area contributed by atoms with Crippen LogP contribution in [0.3, 0.4) is 0 Å². The number of hydrogen-bond acceptors (Lipinski definition) is 2. The predicted octanol–water partition coefficient (Wildman–Crippen LogP) is 3.85. The number of Topliss-reactive ketones (excluding diaryl/α,β-unsaturated/α-hetero) is 1. The second-order valence-electron chi connectivity index (χ2n) is 4.20. The third kappa shape index (κ3) is 1.91. The van der Waals surface area contributed by atoms with Crippen molar-refractivity contribution >= 4 is 33.3 Å². The second kappa shape index (κ2) is 3.49. The summed E-state index contributed by atoms with van der Waals surface area (Å²) in [5, 5.41) is 0.481. The fraction of sp³-hybridized carbons (Fsp3) is 0.364. The van der Waals surface area contributed by atoms with Crippen LogP contribution in [0.1, 0.15) is 30.6 Å². The van der Waals surface area contributed by atoms with E-state index in [2.05, 4.69) is 15.9 Å². The molecule has 1 aromatic carbocycles. The number of fused-ring (bicyclic) bond motifs is 1. The van der Waals surface area contributed by atoms with E-state index in [0.29, 0.717) is 22.8 Å². The van der Waals surface area contributed by atoms with Gasteiger partial charge in [-0.3, -0.25) is 4.79 Å². The van der Waals surface area contributed by atoms with Gasteiger partial charge in [0.1, 0.15) is 5.60 Å². The van der Waals surface area contributed by atoms with E-state index in [-0.39, 0.29) is 5.78 Å². The second-order valence-corrected chi connectivity index (χ2v) is 5.46. The molecule has 0 unspecified atom stereocenters. The van der Waals surface area contributed by atoms with Gasteiger partial charge in [-0.25, -0.2) is 0 Å². The number of halogens is 2. The zero-order chi connectivity index (χ0) is 11.2. The zero-order valence-corrected chi connectivity index (χ0v) is 10.8. The normalized spacial score (nSPS) is 18.3. The van der Waals surface area contributed by atoms with Crippen molar-refractivity contribution in [2.45, 2.75) is 25.9 Å². The summed E-state index contributed by atoms with van der Waals surface area (Å²) in [6.07, 6.45) is 0.374. The molecule has 0 atom stereocenters. The smallest absolute Gasteiger partial charge is 0.171 e. The molecule has 4 heteroatoms. The van der Waals surface area contributed by atoms with Crippen LogP contribution in [0.15, 0.2) is 16.6 Å². The van der Waals surface area contributed by atoms with Crippen molar-refractivity contribution in [3.8, 4) is 5.75 Å². The van der Waals surface area contributed by atoms with Crippen LogP contribution in [-0.2, 0) is 0 Å². The number of carbonyl (C=O) groups is 1. The fourth-order valence-electron chi connectivity index (χ4n) is 1.68. The van der Waals surface area contributed by atoms with E-state index in [1.807, 2.05) is 13.8 Å². The summed E-state index contributed by atoms with van der Waals surface area (Å²) in [5.74, 6) is 0.558. The number of benzene rings is 1. The highest BCUT2D eigenvalue weighted by molar-refractivity contribution is 9.10. The quantitative estimate of drug-likeness (QED) is 0.725. The Morgan fingerprint density at radius 2 is 2.13 bits per heavy atom. The molecule has 2 nitrogen and oxygen atoms in total. The van der Waals surface area contributed by atoms with Crippen molar-refractivity contribution in [3.05, 3.63) is 27.2 Å². The molecule has 0 saturated carbocycles. The van der Waals surface area contributed by atoms with Crippen molar-refractivity contribution in [3.63, 3.8) is 0 Å². The number of carbonyl (C=O) groups excluding carboxylic acids is 1. The van der Waals surface area contributed by atoms with Crippen LogP contribution >= 0.6 is 27.5 Å². The van der Waals surface area contributed by atoms with Crippen LogP contribution in [0.25, 0.3) is 0 Å². The molecule has 1 heterocycles. The molecule has 1 aliphatic heterocycles. The van der Waals surface area contributed by atoms with Crippen molar-refractivity contribution in [1.29, 1.82) is 0 Å². The summed E-state index contributed by atoms with van der Waals surface area (Å²) in [6.45, 7) is 3.76. The molecule has 0 aromatic heterocycles. The maximum atomic E-state index is 11.9. The minimum absolute atomic E-state index is 0.0654. The molecule has 0 amide bonds. The first-order valence-corrected chi connectivity index (χ1v) is 5.78. The van der Waals surface area contributed by atoms with Crippen LogP contribution in [-0.4, -0.2) is 11.4 Å². The molecule has 0 N–H and O–H groups in total. The van der Waals surface area contributed by atoms with E-state index >= 15 is 0 Å². The molecule has 0 aliphatic carbocycles. The van der Waals surface area contributed by atoms with Crippen LogP contribution in [0.2, 0.25) is 5.02 Å². The van der Waals surface area contributed by atoms with Gasteiger partial charge in [0, 0.05) is 4.47 Å². The Morgan fingerprint density at radius 3 is 2.80 bits per heavy atom. The van der Waals surface area contributed by atoms with Crippen LogP contribution in [0.5, 0.6) is 5.75 Å². The fourth-order valence-corrected chi connectivity index (χ4v) is 2.41. The molecule has 0 bridgehead atoms. The molecule has 0 fully saturated rings. The van der Waals surface area contributed by atoms with Crippen molar-refractivity contribution in [2.24, 2.45) is 0 Å². The molecule has 80 valence electrons. The molecule has 1 aromatic rings. The first-order valence-electron chi connectivity index (χ1n) is 4.61. The molecular formula is C11H10BrClO2. The number of ketones is 1. The van der Waals surface area contributed by atoms with Gasteiger partial charge in [-0.2, -0.15) is 0 Å². The average molecular weight is 290 g/mol. The standard InChI is InChI=1S/C11H10BrClO2/c1-11(2)5-8(14)9-6(12)3-4-7(13)10(9)15-11/h3-4H,5H2,1-2H3. The first-order chi connectivity index (χ1) is 6.91. The molecule has 15 heavy (non-hydrogen) atoms. The summed E-state index contributed by atoms with van der Waals surface area (Å²) in [6, 6.07) is 3.49. The van der Waals surface area contributed by atoms with Crippen LogP contribution < -0.4 is 4.74 Å². The topological polar surface area (TPSA) is 26.3 Å². The lowest BCUT2D eigenvalue weighted by molar-refractivity contribution is 0.0619. The monoisotopic (exact) mass is 288 g/mol. The molecule has 0 saturated heterocycles. The van der Waals surface area contributed by atoms with E-state index in [1.54, 1.807) is 12.1 Å². The molecule has 0 radical (unpaired) electrons. The Morgan fingerprint density at radius 1 is 1.47 bits per heavy atom. The molecular weight excluding hydrogens is 279 g/mol. The third-order valence-electron chi connectivity index (χ3n) is 2.30. The van der Waals surface area contributed by atoms with Gasteiger partial charge in [0.25, 0.3) is 0 Å². The molecule has 0 spiro atoms. The van der Waals surface area contributed by atoms with Crippen LogP contribution in [0, 0.1) is 0 Å². The summed E-state index contributed by atoms with van der Waals surface area (Å²) in [4.78, 5) is 11.9. The van der Waals surface area contributed by atoms with Gasteiger partial charge in [-0.1, -0.05) is 11.6 Å². The maximum Gasteiger partial charge on any atom is 0.171 e. The Hall–Kier alpha value is -0.540. The lowest BCUT2D eigenvalue weighted by Crippen LogP contribution is -2.36. The van der Waals surface area contributed by atoms with Gasteiger partial charge in [-0.05, 0) is 41.9 Å². The van der Waals surface area contributed by atoms with Gasteiger partial charge in [0.15, 0.2) is 11.5 Å². The van der Waals surface area contributed by atoms with E-state index in [9.17, 15) is 4.79 Å². The van der Waals surface area contributed by atoms with Crippen molar-refractivity contribution in [2.75, 3.05) is 0 Å². The summed E-state index contributed by atoms with van der Waals surface area (Å²) in [7, 11) is 0. The lowest BCUT2D eigenvalue weighted by atomic mass is 9.93. The largest absolute Gasteiger partial charge is 0.485 e. The molecule has 1 aliphatic rings. The number of ether oxygens (including phenoxy) is 1. The first kappa shape index (κ1) is 11.0. The summed E-state index contributed by atoms with van der Waals surface area (Å²) < 4.78 is 6.46. The highest BCUT2D eigenvalue weighted by Gasteiger charge is 2.35. The minimum atomic E-state index is -0.478. The van der Waals surface area contributed by atoms with E-state index < -0.39 is 5.60 Å². The van der Waals surface area contributed by atoms with Crippen LogP contribution in [0.4, 0.5) is 0 Å². The van der Waals surface area contributed by atoms with E-state index in [4.69, 9.17) is 16.3 Å². The maximum absolute atomic E-state index is 11.9. The van der Waals surface area contributed by atoms with Crippen molar-refractivity contribution < 1.29 is 9.53 Å². The third-order valence-corrected chi connectivity index (χ3v) is 3.26. The minimum Gasteiger partial charge on any atom is -0.485 e. The average Bonchev–Trinajstić information content (AvgIpc) is 2.09. The Kier molecular flexibility index (Phi) is 2.55. The van der Waals surface area contributed by atoms with Gasteiger partial charge in [-0.15, -0.1) is 0 Å². The Bertz CT molecular complexity index is 440. The molecule has 2 rings (SSSR count). The van der Waals surface area contributed by atoms with Gasteiger partial charge < -0.3 is 4.74 Å². The lowest BCUT2D eigenvalue weighted by Gasteiger charge is -2.32. The Labute approximate surface area is 102 Å². The Balaban J connectivity index is 2.64. The van der Waals surface area contributed by atoms with Gasteiger partial charge >= 0.3 is 0 Å². The SMILES string of the molecule is CC1(C)CC(=O)c2c(Br)ccc(Cl)c2O1. The van der Waals surface area contributed by atoms with Gasteiger partial charge in [0.2, 0.25) is 0 Å².